The van der Waals surface area contributed by atoms with Crippen molar-refractivity contribution in [2.24, 2.45) is 0 Å². The Balaban J connectivity index is 2.83. The molecule has 7 heteroatoms. The van der Waals surface area contributed by atoms with Gasteiger partial charge in [0.05, 0.1) is 11.0 Å². The number of nitro benzene ring substituents is 1. The fourth-order valence-electron chi connectivity index (χ4n) is 1.04. The summed E-state index contributed by atoms with van der Waals surface area (Å²) in [5, 5.41) is 10.5. The molecule has 0 aliphatic rings. The Morgan fingerprint density at radius 2 is 2.06 bits per heavy atom. The Morgan fingerprint density at radius 1 is 1.44 bits per heavy atom. The van der Waals surface area contributed by atoms with Crippen LogP contribution in [0, 0.1) is 17.0 Å². The number of alkyl halides is 3. The average molecular weight is 235 g/mol. The lowest BCUT2D eigenvalue weighted by molar-refractivity contribution is -0.385. The molecular formula is C9H8F3NO3. The molecule has 0 radical (unpaired) electrons. The molecule has 88 valence electrons. The molecule has 0 N–H and O–H groups in total. The lowest BCUT2D eigenvalue weighted by Crippen LogP contribution is -2.19. The Kier molecular flexibility index (Phi) is 3.36. The summed E-state index contributed by atoms with van der Waals surface area (Å²) in [5.74, 6) is -0.172. The second-order valence-electron chi connectivity index (χ2n) is 3.11. The molecular weight excluding hydrogens is 227 g/mol. The van der Waals surface area contributed by atoms with Crippen LogP contribution in [0.3, 0.4) is 0 Å². The molecule has 1 aromatic carbocycles. The van der Waals surface area contributed by atoms with E-state index >= 15 is 0 Å². The molecule has 0 unspecified atom stereocenters. The molecule has 4 nitrogen and oxygen atoms in total. The summed E-state index contributed by atoms with van der Waals surface area (Å²) in [6.07, 6.45) is -4.46. The molecule has 0 spiro atoms. The maximum Gasteiger partial charge on any atom is 0.422 e. The number of nitro groups is 1. The van der Waals surface area contributed by atoms with Crippen molar-refractivity contribution in [1.82, 2.24) is 0 Å². The SMILES string of the molecule is Cc1ccc(OCC(F)(F)F)cc1[N+](=O)[O-]. The van der Waals surface area contributed by atoms with E-state index in [4.69, 9.17) is 0 Å². The second-order valence-corrected chi connectivity index (χ2v) is 3.11. The number of halogens is 3. The molecule has 0 atom stereocenters. The van der Waals surface area contributed by atoms with Gasteiger partial charge in [0.25, 0.3) is 5.69 Å². The molecule has 0 saturated carbocycles. The van der Waals surface area contributed by atoms with Crippen LogP contribution in [0.1, 0.15) is 5.56 Å². The molecule has 0 fully saturated rings. The van der Waals surface area contributed by atoms with E-state index in [1.165, 1.54) is 19.1 Å². The minimum absolute atomic E-state index is 0.172. The minimum atomic E-state index is -4.46. The molecule has 0 aromatic heterocycles. The first-order valence-corrected chi connectivity index (χ1v) is 4.24. The summed E-state index contributed by atoms with van der Waals surface area (Å²) in [7, 11) is 0. The number of hydrogen-bond acceptors (Lipinski definition) is 3. The third-order valence-corrected chi connectivity index (χ3v) is 1.78. The maximum absolute atomic E-state index is 11.8. The van der Waals surface area contributed by atoms with E-state index in [2.05, 4.69) is 4.74 Å². The number of nitrogens with zero attached hydrogens (tertiary/aromatic N) is 1. The van der Waals surface area contributed by atoms with Crippen LogP contribution in [0.4, 0.5) is 18.9 Å². The fourth-order valence-corrected chi connectivity index (χ4v) is 1.04. The first kappa shape index (κ1) is 12.3. The Hall–Kier alpha value is -1.79. The first-order chi connectivity index (χ1) is 7.29. The zero-order chi connectivity index (χ0) is 12.3. The van der Waals surface area contributed by atoms with Crippen molar-refractivity contribution < 1.29 is 22.8 Å². The van der Waals surface area contributed by atoms with E-state index < -0.39 is 17.7 Å². The van der Waals surface area contributed by atoms with E-state index in [1.807, 2.05) is 0 Å². The molecule has 0 saturated heterocycles. The van der Waals surface area contributed by atoms with Crippen LogP contribution in [0.15, 0.2) is 18.2 Å². The third-order valence-electron chi connectivity index (χ3n) is 1.78. The number of ether oxygens (including phenoxy) is 1. The third kappa shape index (κ3) is 3.41. The van der Waals surface area contributed by atoms with E-state index in [0.717, 1.165) is 6.07 Å². The van der Waals surface area contributed by atoms with Crippen molar-refractivity contribution in [3.8, 4) is 5.75 Å². The molecule has 0 bridgehead atoms. The molecule has 0 aliphatic heterocycles. The van der Waals surface area contributed by atoms with Crippen molar-refractivity contribution in [2.75, 3.05) is 6.61 Å². The lowest BCUT2D eigenvalue weighted by atomic mass is 10.2. The normalized spacial score (nSPS) is 11.2. The smallest absolute Gasteiger partial charge is 0.422 e. The molecule has 1 aromatic rings. The van der Waals surface area contributed by atoms with Gasteiger partial charge in [-0.2, -0.15) is 13.2 Å². The summed E-state index contributed by atoms with van der Waals surface area (Å²) in [6.45, 7) is 0.0267. The zero-order valence-electron chi connectivity index (χ0n) is 8.25. The summed E-state index contributed by atoms with van der Waals surface area (Å²) in [4.78, 5) is 9.83. The predicted molar refractivity (Wildman–Crippen MR) is 49.4 cm³/mol. The fraction of sp³-hybridized carbons (Fsp3) is 0.333. The number of hydrogen-bond donors (Lipinski definition) is 0. The van der Waals surface area contributed by atoms with Gasteiger partial charge in [0, 0.05) is 5.56 Å². The van der Waals surface area contributed by atoms with Crippen molar-refractivity contribution in [2.45, 2.75) is 13.1 Å². The predicted octanol–water partition coefficient (Wildman–Crippen LogP) is 2.84. The maximum atomic E-state index is 11.8. The summed E-state index contributed by atoms with van der Waals surface area (Å²) in [6, 6.07) is 3.57. The van der Waals surface area contributed by atoms with Gasteiger partial charge in [-0.25, -0.2) is 0 Å². The topological polar surface area (TPSA) is 52.4 Å². The number of benzene rings is 1. The van der Waals surface area contributed by atoms with E-state index in [1.54, 1.807) is 0 Å². The van der Waals surface area contributed by atoms with Gasteiger partial charge in [0.2, 0.25) is 0 Å². The molecule has 0 amide bonds. The van der Waals surface area contributed by atoms with Gasteiger partial charge >= 0.3 is 6.18 Å². The lowest BCUT2D eigenvalue weighted by Gasteiger charge is -2.09. The van der Waals surface area contributed by atoms with Gasteiger partial charge in [-0.05, 0) is 19.1 Å². The largest absolute Gasteiger partial charge is 0.484 e. The van der Waals surface area contributed by atoms with Crippen LogP contribution in [0.5, 0.6) is 5.75 Å². The van der Waals surface area contributed by atoms with Gasteiger partial charge in [0.15, 0.2) is 6.61 Å². The molecule has 16 heavy (non-hydrogen) atoms. The van der Waals surface area contributed by atoms with Crippen LogP contribution in [-0.4, -0.2) is 17.7 Å². The van der Waals surface area contributed by atoms with E-state index in [9.17, 15) is 23.3 Å². The molecule has 0 heterocycles. The standard InChI is InChI=1S/C9H8F3NO3/c1-6-2-3-7(4-8(6)13(14)15)16-5-9(10,11)12/h2-4H,5H2,1H3. The Bertz CT molecular complexity index is 403. The first-order valence-electron chi connectivity index (χ1n) is 4.24. The Labute approximate surface area is 88.8 Å². The summed E-state index contributed by atoms with van der Waals surface area (Å²) >= 11 is 0. The van der Waals surface area contributed by atoms with Crippen molar-refractivity contribution in [3.05, 3.63) is 33.9 Å². The quantitative estimate of drug-likeness (QED) is 0.597. The van der Waals surface area contributed by atoms with E-state index in [-0.39, 0.29) is 11.4 Å². The zero-order valence-corrected chi connectivity index (χ0v) is 8.25. The van der Waals surface area contributed by atoms with E-state index in [0.29, 0.717) is 5.56 Å². The molecule has 1 rings (SSSR count). The van der Waals surface area contributed by atoms with Gasteiger partial charge in [-0.1, -0.05) is 0 Å². The van der Waals surface area contributed by atoms with Crippen LogP contribution in [0.2, 0.25) is 0 Å². The highest BCUT2D eigenvalue weighted by molar-refractivity contribution is 5.45. The van der Waals surface area contributed by atoms with Gasteiger partial charge in [-0.15, -0.1) is 0 Å². The van der Waals surface area contributed by atoms with Gasteiger partial charge < -0.3 is 4.74 Å². The van der Waals surface area contributed by atoms with Gasteiger partial charge in [0.1, 0.15) is 5.75 Å². The monoisotopic (exact) mass is 235 g/mol. The summed E-state index contributed by atoms with van der Waals surface area (Å²) < 4.78 is 39.8. The van der Waals surface area contributed by atoms with Crippen molar-refractivity contribution in [1.29, 1.82) is 0 Å². The highest BCUT2D eigenvalue weighted by Gasteiger charge is 2.28. The summed E-state index contributed by atoms with van der Waals surface area (Å²) in [5.41, 5.74) is 0.101. The number of rotatable bonds is 3. The second kappa shape index (κ2) is 4.38. The van der Waals surface area contributed by atoms with Crippen molar-refractivity contribution >= 4 is 5.69 Å². The van der Waals surface area contributed by atoms with Crippen LogP contribution in [-0.2, 0) is 0 Å². The number of aryl methyl sites for hydroxylation is 1. The van der Waals surface area contributed by atoms with Crippen LogP contribution in [0.25, 0.3) is 0 Å². The average Bonchev–Trinajstić information content (AvgIpc) is 2.14. The highest BCUT2D eigenvalue weighted by Crippen LogP contribution is 2.25. The van der Waals surface area contributed by atoms with Gasteiger partial charge in [-0.3, -0.25) is 10.1 Å². The van der Waals surface area contributed by atoms with Crippen LogP contribution < -0.4 is 4.74 Å². The Morgan fingerprint density at radius 3 is 2.56 bits per heavy atom. The minimum Gasteiger partial charge on any atom is -0.484 e. The highest BCUT2D eigenvalue weighted by atomic mass is 19.4. The van der Waals surface area contributed by atoms with Crippen molar-refractivity contribution in [3.63, 3.8) is 0 Å². The van der Waals surface area contributed by atoms with Crippen LogP contribution >= 0.6 is 0 Å². The molecule has 0 aliphatic carbocycles.